The first-order valence-corrected chi connectivity index (χ1v) is 4.89. The van der Waals surface area contributed by atoms with E-state index in [4.69, 9.17) is 0 Å². The van der Waals surface area contributed by atoms with Gasteiger partial charge in [-0.2, -0.15) is 0 Å². The lowest BCUT2D eigenvalue weighted by atomic mass is 10.2. The number of anilines is 2. The van der Waals surface area contributed by atoms with E-state index in [0.717, 1.165) is 5.69 Å². The highest BCUT2D eigenvalue weighted by atomic mass is 16.3. The highest BCUT2D eigenvalue weighted by Gasteiger charge is 2.05. The van der Waals surface area contributed by atoms with E-state index < -0.39 is 0 Å². The van der Waals surface area contributed by atoms with Crippen molar-refractivity contribution in [3.05, 3.63) is 52.8 Å². The monoisotopic (exact) mass is 216 g/mol. The number of nitrogens with zero attached hydrogens (tertiary/aromatic N) is 1. The molecule has 0 aliphatic heterocycles. The Balaban J connectivity index is 2.41. The molecule has 0 atom stereocenters. The fraction of sp³-hybridized carbons (Fsp3) is 0.0833. The van der Waals surface area contributed by atoms with Crippen LogP contribution in [0.5, 0.6) is 5.88 Å². The van der Waals surface area contributed by atoms with Crippen LogP contribution in [0.2, 0.25) is 0 Å². The van der Waals surface area contributed by atoms with Crippen LogP contribution in [0.25, 0.3) is 0 Å². The van der Waals surface area contributed by atoms with Crippen molar-refractivity contribution in [1.29, 1.82) is 0 Å². The van der Waals surface area contributed by atoms with Crippen LogP contribution < -0.4 is 10.5 Å². The standard InChI is InChI=1S/C12H12N2O2/c1-14(9-5-3-2-4-6-9)10-7-11(15)13-12(16)8-10/h2-8H,1H3,(H2,13,15,16). The Hall–Kier alpha value is -2.23. The van der Waals surface area contributed by atoms with Gasteiger partial charge >= 0.3 is 0 Å². The van der Waals surface area contributed by atoms with Gasteiger partial charge in [-0.1, -0.05) is 18.2 Å². The molecule has 0 amide bonds. The number of benzene rings is 1. The first-order valence-electron chi connectivity index (χ1n) is 4.89. The highest BCUT2D eigenvalue weighted by molar-refractivity contribution is 5.62. The van der Waals surface area contributed by atoms with Gasteiger partial charge in [0.1, 0.15) is 0 Å². The number of aromatic hydroxyl groups is 1. The van der Waals surface area contributed by atoms with Gasteiger partial charge in [0, 0.05) is 24.9 Å². The number of para-hydroxylation sites is 1. The summed E-state index contributed by atoms with van der Waals surface area (Å²) in [4.78, 5) is 15.3. The second-order valence-electron chi connectivity index (χ2n) is 3.48. The van der Waals surface area contributed by atoms with Crippen LogP contribution in [0.15, 0.2) is 47.3 Å². The summed E-state index contributed by atoms with van der Waals surface area (Å²) in [6.45, 7) is 0. The molecule has 1 heterocycles. The first-order chi connectivity index (χ1) is 7.66. The van der Waals surface area contributed by atoms with Gasteiger partial charge in [0.2, 0.25) is 0 Å². The van der Waals surface area contributed by atoms with E-state index in [1.54, 1.807) is 0 Å². The average Bonchev–Trinajstić information content (AvgIpc) is 2.28. The van der Waals surface area contributed by atoms with Crippen molar-refractivity contribution in [2.75, 3.05) is 11.9 Å². The van der Waals surface area contributed by atoms with Crippen LogP contribution in [0.4, 0.5) is 11.4 Å². The van der Waals surface area contributed by atoms with E-state index in [9.17, 15) is 9.90 Å². The number of aromatic amines is 1. The normalized spacial score (nSPS) is 10.1. The summed E-state index contributed by atoms with van der Waals surface area (Å²) in [6.07, 6.45) is 0. The van der Waals surface area contributed by atoms with Gasteiger partial charge < -0.3 is 10.0 Å². The van der Waals surface area contributed by atoms with E-state index in [1.807, 2.05) is 42.3 Å². The van der Waals surface area contributed by atoms with Gasteiger partial charge in [-0.05, 0) is 12.1 Å². The molecule has 2 rings (SSSR count). The number of pyridine rings is 1. The lowest BCUT2D eigenvalue weighted by molar-refractivity contribution is 0.452. The fourth-order valence-electron chi connectivity index (χ4n) is 1.51. The second kappa shape index (κ2) is 4.10. The molecule has 0 fully saturated rings. The lowest BCUT2D eigenvalue weighted by Gasteiger charge is -2.18. The zero-order valence-corrected chi connectivity index (χ0v) is 8.84. The molecule has 2 aromatic rings. The summed E-state index contributed by atoms with van der Waals surface area (Å²) < 4.78 is 0. The molecule has 0 radical (unpaired) electrons. The predicted octanol–water partition coefficient (Wildman–Crippen LogP) is 1.85. The van der Waals surface area contributed by atoms with Crippen LogP contribution in [-0.2, 0) is 0 Å². The summed E-state index contributed by atoms with van der Waals surface area (Å²) >= 11 is 0. The molecule has 2 N–H and O–H groups in total. The quantitative estimate of drug-likeness (QED) is 0.805. The number of rotatable bonds is 2. The SMILES string of the molecule is CN(c1ccccc1)c1cc(O)[nH]c(=O)c1. The predicted molar refractivity (Wildman–Crippen MR) is 63.2 cm³/mol. The Morgan fingerprint density at radius 2 is 1.81 bits per heavy atom. The lowest BCUT2D eigenvalue weighted by Crippen LogP contribution is -2.13. The van der Waals surface area contributed by atoms with E-state index >= 15 is 0 Å². The van der Waals surface area contributed by atoms with E-state index in [0.29, 0.717) is 5.69 Å². The summed E-state index contributed by atoms with van der Waals surface area (Å²) in [5.74, 6) is -0.134. The third-order valence-electron chi connectivity index (χ3n) is 2.35. The summed E-state index contributed by atoms with van der Waals surface area (Å²) in [6, 6.07) is 12.6. The number of nitrogens with one attached hydrogen (secondary N) is 1. The Labute approximate surface area is 92.8 Å². The molecule has 0 saturated carbocycles. The number of H-pyrrole nitrogens is 1. The Morgan fingerprint density at radius 1 is 1.12 bits per heavy atom. The number of hydrogen-bond acceptors (Lipinski definition) is 3. The van der Waals surface area contributed by atoms with Crippen LogP contribution in [-0.4, -0.2) is 17.1 Å². The first kappa shape index (κ1) is 10.3. The molecule has 82 valence electrons. The van der Waals surface area contributed by atoms with Gasteiger partial charge in [0.05, 0.1) is 5.69 Å². The zero-order chi connectivity index (χ0) is 11.5. The Morgan fingerprint density at radius 3 is 2.44 bits per heavy atom. The molecule has 0 spiro atoms. The molecular weight excluding hydrogens is 204 g/mol. The molecule has 4 heteroatoms. The van der Waals surface area contributed by atoms with Crippen molar-refractivity contribution in [3.8, 4) is 5.88 Å². The van der Waals surface area contributed by atoms with Gasteiger partial charge in [-0.3, -0.25) is 9.78 Å². The largest absolute Gasteiger partial charge is 0.494 e. The molecule has 4 nitrogen and oxygen atoms in total. The minimum atomic E-state index is -0.321. The molecule has 1 aromatic carbocycles. The average molecular weight is 216 g/mol. The van der Waals surface area contributed by atoms with Crippen molar-refractivity contribution in [1.82, 2.24) is 4.98 Å². The van der Waals surface area contributed by atoms with Crippen LogP contribution in [0, 0.1) is 0 Å². The van der Waals surface area contributed by atoms with Crippen molar-refractivity contribution >= 4 is 11.4 Å². The van der Waals surface area contributed by atoms with Crippen molar-refractivity contribution < 1.29 is 5.11 Å². The molecule has 0 aliphatic rings. The minimum absolute atomic E-state index is 0.134. The third-order valence-corrected chi connectivity index (χ3v) is 2.35. The second-order valence-corrected chi connectivity index (χ2v) is 3.48. The molecule has 0 unspecified atom stereocenters. The van der Waals surface area contributed by atoms with E-state index in [2.05, 4.69) is 4.98 Å². The number of hydrogen-bond donors (Lipinski definition) is 2. The van der Waals surface area contributed by atoms with Crippen molar-refractivity contribution in [2.45, 2.75) is 0 Å². The van der Waals surface area contributed by atoms with Crippen molar-refractivity contribution in [3.63, 3.8) is 0 Å². The molecule has 0 aliphatic carbocycles. The Bertz CT molecular complexity index is 534. The zero-order valence-electron chi connectivity index (χ0n) is 8.84. The van der Waals surface area contributed by atoms with Crippen LogP contribution in [0.3, 0.4) is 0 Å². The highest BCUT2D eigenvalue weighted by Crippen LogP contribution is 2.23. The van der Waals surface area contributed by atoms with E-state index in [-0.39, 0.29) is 11.4 Å². The maximum Gasteiger partial charge on any atom is 0.252 e. The molecule has 1 aromatic heterocycles. The van der Waals surface area contributed by atoms with Gasteiger partial charge in [0.25, 0.3) is 5.56 Å². The smallest absolute Gasteiger partial charge is 0.252 e. The topological polar surface area (TPSA) is 56.3 Å². The van der Waals surface area contributed by atoms with Crippen LogP contribution >= 0.6 is 0 Å². The maximum absolute atomic E-state index is 11.2. The summed E-state index contributed by atoms with van der Waals surface area (Å²) in [5, 5.41) is 9.31. The Kier molecular flexibility index (Phi) is 2.64. The summed E-state index contributed by atoms with van der Waals surface area (Å²) in [7, 11) is 1.84. The van der Waals surface area contributed by atoms with Crippen molar-refractivity contribution in [2.24, 2.45) is 0 Å². The van der Waals surface area contributed by atoms with Crippen LogP contribution in [0.1, 0.15) is 0 Å². The minimum Gasteiger partial charge on any atom is -0.494 e. The number of aromatic nitrogens is 1. The summed E-state index contributed by atoms with van der Waals surface area (Å²) in [5.41, 5.74) is 1.28. The molecule has 0 bridgehead atoms. The fourth-order valence-corrected chi connectivity index (χ4v) is 1.51. The molecule has 0 saturated heterocycles. The van der Waals surface area contributed by atoms with E-state index in [1.165, 1.54) is 12.1 Å². The molecule has 16 heavy (non-hydrogen) atoms. The molecular formula is C12H12N2O2. The van der Waals surface area contributed by atoms with Gasteiger partial charge in [-0.15, -0.1) is 0 Å². The third kappa shape index (κ3) is 2.06. The maximum atomic E-state index is 11.2. The van der Waals surface area contributed by atoms with Gasteiger partial charge in [0.15, 0.2) is 5.88 Å². The van der Waals surface area contributed by atoms with Gasteiger partial charge in [-0.25, -0.2) is 0 Å².